The Balaban J connectivity index is -0.000000000952. The van der Waals surface area contributed by atoms with Gasteiger partial charge in [0.1, 0.15) is 0 Å². The van der Waals surface area contributed by atoms with E-state index in [1.54, 1.807) is 6.92 Å². The number of hydrogen-bond donors (Lipinski definition) is 1. The summed E-state index contributed by atoms with van der Waals surface area (Å²) in [6.45, 7) is 1.93. The Kier molecular flexibility index (Phi) is 28600. The first kappa shape index (κ1) is 258. The lowest BCUT2D eigenvalue weighted by atomic mass is 10.9. The van der Waals surface area contributed by atoms with Crippen molar-refractivity contribution in [2.45, 2.75) is 6.92 Å². The van der Waals surface area contributed by atoms with Crippen LogP contribution >= 0.6 is 0 Å². The highest BCUT2D eigenvalue weighted by atomic mass is 16.2. The minimum absolute atomic E-state index is 0. The van der Waals surface area contributed by atoms with Gasteiger partial charge in [-0.2, -0.15) is 0 Å². The third kappa shape index (κ3) is 3350. The normalized spacial score (nSPS) is 1.80. The molecule has 0 aromatic carbocycles. The van der Waals surface area contributed by atoms with Crippen LogP contribution in [0.15, 0.2) is 0 Å². The Morgan fingerprint density at radius 1 is 0.700 bits per heavy atom. The first-order valence-corrected chi connectivity index (χ1v) is 1.02. The van der Waals surface area contributed by atoms with Gasteiger partial charge in [0.2, 0.25) is 0 Å². The molecule has 10 heavy (non-hydrogen) atoms. The fourth-order valence-corrected chi connectivity index (χ4v) is 0. The molecule has 76 valence electrons. The molecule has 0 fully saturated rings. The minimum atomic E-state index is 0. The first-order valence-electron chi connectivity index (χ1n) is 1.02. The summed E-state index contributed by atoms with van der Waals surface area (Å²) in [5.74, 6) is 0. The summed E-state index contributed by atoms with van der Waals surface area (Å²) in [6, 6.07) is 0. The van der Waals surface area contributed by atoms with Crippen molar-refractivity contribution in [3.8, 4) is 0 Å². The molecule has 8 nitrogen and oxygen atoms in total. The lowest BCUT2D eigenvalue weighted by Gasteiger charge is -1.52. The van der Waals surface area contributed by atoms with Crippen LogP contribution in [0.25, 0.3) is 0 Å². The molecule has 0 saturated carbocycles. The summed E-state index contributed by atoms with van der Waals surface area (Å²) in [6.07, 6.45) is 0. The number of aliphatic hydroxyl groups is 1. The van der Waals surface area contributed by atoms with Gasteiger partial charge in [0.05, 0.1) is 0 Å². The Hall–Kier alpha value is -0.320. The van der Waals surface area contributed by atoms with Crippen LogP contribution in [0.2, 0.25) is 0 Å². The topological polar surface area (TPSA) is 241 Å². The van der Waals surface area contributed by atoms with E-state index in [1.807, 2.05) is 0 Å². The van der Waals surface area contributed by atoms with E-state index in [1.165, 1.54) is 0 Å². The lowest BCUT2D eigenvalue weighted by Crippen LogP contribution is -1.57. The zero-order valence-electron chi connectivity index (χ0n) is 5.65. The van der Waals surface area contributed by atoms with E-state index in [4.69, 9.17) is 5.11 Å². The SMILES string of the molecule is CCO.O.O.O.O.O.O.O. The largest absolute Gasteiger partial charge is 0.412 e. The van der Waals surface area contributed by atoms with E-state index in [0.717, 1.165) is 0 Å². The molecule has 0 unspecified atom stereocenters. The Labute approximate surface area is 58.3 Å². The van der Waals surface area contributed by atoms with Gasteiger partial charge < -0.3 is 43.4 Å². The smallest absolute Gasteiger partial charge is 0.0402 e. The highest BCUT2D eigenvalue weighted by Gasteiger charge is 1.34. The minimum Gasteiger partial charge on any atom is -0.412 e. The van der Waals surface area contributed by atoms with Gasteiger partial charge in [-0.05, 0) is 6.92 Å². The van der Waals surface area contributed by atoms with Crippen LogP contribution in [-0.2, 0) is 0 Å². The van der Waals surface area contributed by atoms with Gasteiger partial charge in [-0.1, -0.05) is 0 Å². The molecule has 0 heterocycles. The molecule has 0 aromatic rings. The van der Waals surface area contributed by atoms with E-state index < -0.39 is 0 Å². The second-order valence-corrected chi connectivity index (χ2v) is 0.316. The van der Waals surface area contributed by atoms with Gasteiger partial charge in [-0.15, -0.1) is 0 Å². The maximum Gasteiger partial charge on any atom is 0.0402 e. The van der Waals surface area contributed by atoms with Crippen LogP contribution in [0.1, 0.15) is 6.92 Å². The molecule has 0 bridgehead atoms. The van der Waals surface area contributed by atoms with E-state index in [2.05, 4.69) is 0 Å². The van der Waals surface area contributed by atoms with Gasteiger partial charge in [-0.3, -0.25) is 0 Å². The van der Waals surface area contributed by atoms with E-state index in [-0.39, 0.29) is 44.9 Å². The zero-order chi connectivity index (χ0) is 2.71. The third-order valence-corrected chi connectivity index (χ3v) is 0. The summed E-state index contributed by atoms with van der Waals surface area (Å²) in [5, 5.41) is 7.57. The van der Waals surface area contributed by atoms with Crippen LogP contribution in [0.3, 0.4) is 0 Å². The van der Waals surface area contributed by atoms with E-state index in [0.29, 0.717) is 0 Å². The van der Waals surface area contributed by atoms with E-state index in [9.17, 15) is 0 Å². The fraction of sp³-hybridized carbons (Fsp3) is 1.00. The number of aliphatic hydroxyl groups excluding tert-OH is 1. The molecule has 0 aliphatic heterocycles. The van der Waals surface area contributed by atoms with Crippen LogP contribution in [0.5, 0.6) is 0 Å². The van der Waals surface area contributed by atoms with E-state index >= 15 is 0 Å². The lowest BCUT2D eigenvalue weighted by molar-refractivity contribution is 0.318. The summed E-state index contributed by atoms with van der Waals surface area (Å²) < 4.78 is 0. The second-order valence-electron chi connectivity index (χ2n) is 0.316. The van der Waals surface area contributed by atoms with Gasteiger partial charge in [0.15, 0.2) is 0 Å². The van der Waals surface area contributed by atoms with Crippen molar-refractivity contribution in [2.75, 3.05) is 6.61 Å². The monoisotopic (exact) mass is 172 g/mol. The van der Waals surface area contributed by atoms with Gasteiger partial charge in [-0.25, -0.2) is 0 Å². The molecule has 0 saturated heterocycles. The molecule has 0 spiro atoms. The second kappa shape index (κ2) is 1110. The van der Waals surface area contributed by atoms with Gasteiger partial charge in [0, 0.05) is 6.61 Å². The first-order chi connectivity index (χ1) is 1.41. The molecule has 0 rings (SSSR count). The molecule has 0 aliphatic carbocycles. The standard InChI is InChI=1S/C2H6O.7H2O/c1-2-3;;;;;;;/h3H,2H2,1H3;7*1H2. The molecule has 0 aliphatic rings. The van der Waals surface area contributed by atoms with Crippen LogP contribution in [-0.4, -0.2) is 50.0 Å². The summed E-state index contributed by atoms with van der Waals surface area (Å²) >= 11 is 0. The van der Waals surface area contributed by atoms with Gasteiger partial charge >= 0.3 is 0 Å². The van der Waals surface area contributed by atoms with Crippen LogP contribution < -0.4 is 0 Å². The highest BCUT2D eigenvalue weighted by molar-refractivity contribution is 3.84. The quantitative estimate of drug-likeness (QED) is 0.368. The molecule has 0 amide bonds. The molecule has 15 N–H and O–H groups in total. The Morgan fingerprint density at radius 2 is 0.700 bits per heavy atom. The summed E-state index contributed by atoms with van der Waals surface area (Å²) in [4.78, 5) is 0. The summed E-state index contributed by atoms with van der Waals surface area (Å²) in [5.41, 5.74) is 0. The molecule has 0 atom stereocenters. The molecular formula is C2H20O8. The predicted octanol–water partition coefficient (Wildman–Crippen LogP) is -5.77. The van der Waals surface area contributed by atoms with Crippen molar-refractivity contribution in [1.82, 2.24) is 0 Å². The van der Waals surface area contributed by atoms with Crippen molar-refractivity contribution in [3.63, 3.8) is 0 Å². The average Bonchev–Trinajstić information content (AvgIpc) is 0.918. The van der Waals surface area contributed by atoms with Crippen molar-refractivity contribution in [2.24, 2.45) is 0 Å². The average molecular weight is 172 g/mol. The van der Waals surface area contributed by atoms with Crippen molar-refractivity contribution in [3.05, 3.63) is 0 Å². The van der Waals surface area contributed by atoms with Crippen molar-refractivity contribution in [1.29, 1.82) is 0 Å². The maximum absolute atomic E-state index is 7.57. The molecule has 0 aromatic heterocycles. The fourth-order valence-electron chi connectivity index (χ4n) is 0. The maximum atomic E-state index is 7.57. The number of rotatable bonds is 0. The molecular weight excluding hydrogens is 152 g/mol. The third-order valence-electron chi connectivity index (χ3n) is 0. The molecule has 0 radical (unpaired) electrons. The summed E-state index contributed by atoms with van der Waals surface area (Å²) in [7, 11) is 0. The Morgan fingerprint density at radius 3 is 0.700 bits per heavy atom. The predicted molar refractivity (Wildman–Crippen MR) is 38.1 cm³/mol. The van der Waals surface area contributed by atoms with Crippen LogP contribution in [0, 0.1) is 0 Å². The molecule has 8 heteroatoms. The van der Waals surface area contributed by atoms with Crippen molar-refractivity contribution >= 4 is 0 Å². The Bertz CT molecular complexity index is 7.22. The van der Waals surface area contributed by atoms with Crippen LogP contribution in [0.4, 0.5) is 0 Å². The van der Waals surface area contributed by atoms with Gasteiger partial charge in [0.25, 0.3) is 0 Å². The highest BCUT2D eigenvalue weighted by Crippen LogP contribution is 1.30. The van der Waals surface area contributed by atoms with Crippen molar-refractivity contribution < 1.29 is 43.4 Å². The number of hydrogen-bond acceptors (Lipinski definition) is 1. The zero-order valence-corrected chi connectivity index (χ0v) is 5.65.